The molecule has 136 valence electrons. The van der Waals surface area contributed by atoms with Gasteiger partial charge in [-0.15, -0.1) is 0 Å². The Morgan fingerprint density at radius 3 is 2.62 bits per heavy atom. The van der Waals surface area contributed by atoms with Gasteiger partial charge < -0.3 is 10.1 Å². The lowest BCUT2D eigenvalue weighted by atomic mass is 10.1. The molecule has 26 heavy (non-hydrogen) atoms. The molecule has 0 saturated carbocycles. The largest absolute Gasteiger partial charge is 0.494 e. The van der Waals surface area contributed by atoms with Crippen LogP contribution in [0.25, 0.3) is 0 Å². The van der Waals surface area contributed by atoms with Gasteiger partial charge >= 0.3 is 0 Å². The summed E-state index contributed by atoms with van der Waals surface area (Å²) in [7, 11) is 0. The van der Waals surface area contributed by atoms with Crippen LogP contribution in [0.1, 0.15) is 31.4 Å². The first-order valence-electron chi connectivity index (χ1n) is 9.04. The van der Waals surface area contributed by atoms with Gasteiger partial charge in [0.05, 0.1) is 6.61 Å². The van der Waals surface area contributed by atoms with Gasteiger partial charge in [0.2, 0.25) is 11.8 Å². The Morgan fingerprint density at radius 1 is 1.12 bits per heavy atom. The van der Waals surface area contributed by atoms with Crippen LogP contribution in [-0.2, 0) is 22.6 Å². The highest BCUT2D eigenvalue weighted by Gasteiger charge is 2.37. The van der Waals surface area contributed by atoms with Crippen molar-refractivity contribution in [1.29, 1.82) is 0 Å². The quantitative estimate of drug-likeness (QED) is 0.869. The van der Waals surface area contributed by atoms with E-state index in [-0.39, 0.29) is 11.8 Å². The number of anilines is 1. The molecule has 1 aliphatic rings. The normalized spacial score (nSPS) is 15.5. The van der Waals surface area contributed by atoms with Gasteiger partial charge in [-0.1, -0.05) is 43.3 Å². The van der Waals surface area contributed by atoms with Crippen LogP contribution in [0, 0.1) is 0 Å². The third-order valence-corrected chi connectivity index (χ3v) is 4.58. The van der Waals surface area contributed by atoms with Gasteiger partial charge in [0, 0.05) is 30.6 Å². The second-order valence-electron chi connectivity index (χ2n) is 6.22. The SMILES string of the molecule is CCOc1ccccc1CNC(=O)[C@@H]1Cc2ccccc2N1C(=O)CC. The molecular formula is C21H24N2O3. The molecule has 1 N–H and O–H groups in total. The Bertz CT molecular complexity index is 803. The molecule has 5 nitrogen and oxygen atoms in total. The van der Waals surface area contributed by atoms with Gasteiger partial charge in [-0.05, 0) is 24.6 Å². The van der Waals surface area contributed by atoms with Crippen molar-refractivity contribution in [2.24, 2.45) is 0 Å². The summed E-state index contributed by atoms with van der Waals surface area (Å²) in [4.78, 5) is 26.9. The van der Waals surface area contributed by atoms with Gasteiger partial charge in [0.15, 0.2) is 0 Å². The Labute approximate surface area is 154 Å². The molecule has 2 aromatic carbocycles. The molecule has 3 rings (SSSR count). The average molecular weight is 352 g/mol. The summed E-state index contributed by atoms with van der Waals surface area (Å²) in [6.45, 7) is 4.69. The second kappa shape index (κ2) is 8.04. The number of fused-ring (bicyclic) bond motifs is 1. The van der Waals surface area contributed by atoms with Crippen LogP contribution >= 0.6 is 0 Å². The number of rotatable bonds is 6. The molecule has 0 fully saturated rings. The van der Waals surface area contributed by atoms with Gasteiger partial charge in [-0.3, -0.25) is 14.5 Å². The highest BCUT2D eigenvalue weighted by atomic mass is 16.5. The first-order valence-corrected chi connectivity index (χ1v) is 9.04. The van der Waals surface area contributed by atoms with Gasteiger partial charge in [-0.2, -0.15) is 0 Å². The third-order valence-electron chi connectivity index (χ3n) is 4.58. The van der Waals surface area contributed by atoms with Crippen LogP contribution in [0.2, 0.25) is 0 Å². The number of hydrogen-bond donors (Lipinski definition) is 1. The molecule has 0 spiro atoms. The van der Waals surface area contributed by atoms with Gasteiger partial charge in [-0.25, -0.2) is 0 Å². The average Bonchev–Trinajstić information content (AvgIpc) is 3.06. The molecule has 0 bridgehead atoms. The first kappa shape index (κ1) is 18.0. The minimum absolute atomic E-state index is 0.0372. The summed E-state index contributed by atoms with van der Waals surface area (Å²) in [5.74, 6) is 0.589. The van der Waals surface area contributed by atoms with E-state index in [0.29, 0.717) is 26.0 Å². The van der Waals surface area contributed by atoms with E-state index in [4.69, 9.17) is 4.74 Å². The molecule has 1 atom stereocenters. The van der Waals surface area contributed by atoms with Gasteiger partial charge in [0.1, 0.15) is 11.8 Å². The van der Waals surface area contributed by atoms with Crippen LogP contribution in [0.3, 0.4) is 0 Å². The summed E-state index contributed by atoms with van der Waals surface area (Å²) >= 11 is 0. The highest BCUT2D eigenvalue weighted by Crippen LogP contribution is 2.32. The van der Waals surface area contributed by atoms with Crippen molar-refractivity contribution < 1.29 is 14.3 Å². The van der Waals surface area contributed by atoms with E-state index in [9.17, 15) is 9.59 Å². The van der Waals surface area contributed by atoms with Crippen LogP contribution < -0.4 is 15.0 Å². The van der Waals surface area contributed by atoms with Gasteiger partial charge in [0.25, 0.3) is 0 Å². The number of ether oxygens (including phenoxy) is 1. The monoisotopic (exact) mass is 352 g/mol. The van der Waals surface area contributed by atoms with E-state index in [1.54, 1.807) is 4.90 Å². The smallest absolute Gasteiger partial charge is 0.243 e. The van der Waals surface area contributed by atoms with Crippen molar-refractivity contribution in [2.45, 2.75) is 39.3 Å². The maximum atomic E-state index is 12.8. The van der Waals surface area contributed by atoms with E-state index < -0.39 is 6.04 Å². The van der Waals surface area contributed by atoms with Crippen molar-refractivity contribution in [3.8, 4) is 5.75 Å². The molecule has 2 amide bonds. The molecule has 0 aromatic heterocycles. The maximum Gasteiger partial charge on any atom is 0.243 e. The fraction of sp³-hybridized carbons (Fsp3) is 0.333. The summed E-state index contributed by atoms with van der Waals surface area (Å²) in [6.07, 6.45) is 0.909. The summed E-state index contributed by atoms with van der Waals surface area (Å²) in [5.41, 5.74) is 2.80. The number of para-hydroxylation sites is 2. The molecule has 1 heterocycles. The number of carbonyl (C=O) groups is 2. The zero-order valence-corrected chi connectivity index (χ0v) is 15.2. The Hall–Kier alpha value is -2.82. The van der Waals surface area contributed by atoms with Crippen molar-refractivity contribution in [3.63, 3.8) is 0 Å². The second-order valence-corrected chi connectivity index (χ2v) is 6.22. The minimum atomic E-state index is -0.501. The predicted octanol–water partition coefficient (Wildman–Crippen LogP) is 3.07. The van der Waals surface area contributed by atoms with Crippen molar-refractivity contribution in [1.82, 2.24) is 5.32 Å². The molecule has 0 saturated heterocycles. The first-order chi connectivity index (χ1) is 12.7. The Kier molecular flexibility index (Phi) is 5.56. The molecule has 0 radical (unpaired) electrons. The zero-order chi connectivity index (χ0) is 18.5. The Balaban J connectivity index is 1.75. The molecular weight excluding hydrogens is 328 g/mol. The van der Waals surface area contributed by atoms with E-state index >= 15 is 0 Å². The number of hydrogen-bond acceptors (Lipinski definition) is 3. The zero-order valence-electron chi connectivity index (χ0n) is 15.2. The fourth-order valence-electron chi connectivity index (χ4n) is 3.32. The van der Waals surface area contributed by atoms with Crippen molar-refractivity contribution >= 4 is 17.5 Å². The van der Waals surface area contributed by atoms with Crippen molar-refractivity contribution in [2.75, 3.05) is 11.5 Å². The van der Waals surface area contributed by atoms with Crippen LogP contribution in [-0.4, -0.2) is 24.5 Å². The number of benzene rings is 2. The van der Waals surface area contributed by atoms with E-state index in [0.717, 1.165) is 22.6 Å². The maximum absolute atomic E-state index is 12.8. The summed E-state index contributed by atoms with van der Waals surface area (Å²) in [5, 5.41) is 2.97. The predicted molar refractivity (Wildman–Crippen MR) is 101 cm³/mol. The summed E-state index contributed by atoms with van der Waals surface area (Å²) < 4.78 is 5.61. The lowest BCUT2D eigenvalue weighted by Crippen LogP contribution is -2.47. The lowest BCUT2D eigenvalue weighted by molar-refractivity contribution is -0.126. The third kappa shape index (κ3) is 3.57. The van der Waals surface area contributed by atoms with Crippen molar-refractivity contribution in [3.05, 3.63) is 59.7 Å². The van der Waals surface area contributed by atoms with Crippen LogP contribution in [0.5, 0.6) is 5.75 Å². The minimum Gasteiger partial charge on any atom is -0.494 e. The summed E-state index contributed by atoms with van der Waals surface area (Å²) in [6, 6.07) is 14.9. The number of carbonyl (C=O) groups excluding carboxylic acids is 2. The molecule has 2 aromatic rings. The molecule has 0 unspecified atom stereocenters. The number of amides is 2. The van der Waals surface area contributed by atoms with E-state index in [1.807, 2.05) is 62.4 Å². The lowest BCUT2D eigenvalue weighted by Gasteiger charge is -2.24. The number of nitrogens with one attached hydrogen (secondary N) is 1. The van der Waals surface area contributed by atoms with Crippen LogP contribution in [0.4, 0.5) is 5.69 Å². The van der Waals surface area contributed by atoms with E-state index in [2.05, 4.69) is 5.32 Å². The van der Waals surface area contributed by atoms with E-state index in [1.165, 1.54) is 0 Å². The standard InChI is InChI=1S/C21H24N2O3/c1-3-20(24)23-17-11-7-5-9-15(17)13-18(23)21(25)22-14-16-10-6-8-12-19(16)26-4-2/h5-12,18H,3-4,13-14H2,1-2H3,(H,22,25)/t18-/m0/s1. The fourth-order valence-corrected chi connectivity index (χ4v) is 3.32. The molecule has 5 heteroatoms. The molecule has 1 aliphatic heterocycles. The Morgan fingerprint density at radius 2 is 1.85 bits per heavy atom. The topological polar surface area (TPSA) is 58.6 Å². The highest BCUT2D eigenvalue weighted by molar-refractivity contribution is 6.03. The van der Waals surface area contributed by atoms with Crippen LogP contribution in [0.15, 0.2) is 48.5 Å². The molecule has 0 aliphatic carbocycles. The number of nitrogens with zero attached hydrogens (tertiary/aromatic N) is 1.